The standard InChI is InChI=1S/C6H10O4/c1-3-6(2,9)4(7)5(8)10-3/h3-4,7,9H,1-2H3. The molecule has 1 rings (SSSR count). The Kier molecular flexibility index (Phi) is 1.45. The van der Waals surface area contributed by atoms with Crippen molar-refractivity contribution in [3.8, 4) is 0 Å². The summed E-state index contributed by atoms with van der Waals surface area (Å²) in [6.07, 6.45) is -2.03. The maximum atomic E-state index is 10.6. The van der Waals surface area contributed by atoms with E-state index < -0.39 is 23.8 Å². The molecule has 0 aromatic rings. The molecule has 4 heteroatoms. The Hall–Kier alpha value is -0.610. The van der Waals surface area contributed by atoms with Gasteiger partial charge in [-0.25, -0.2) is 4.79 Å². The predicted octanol–water partition coefficient (Wildman–Crippen LogP) is -0.956. The summed E-state index contributed by atoms with van der Waals surface area (Å²) in [7, 11) is 0. The van der Waals surface area contributed by atoms with Gasteiger partial charge in [-0.3, -0.25) is 0 Å². The molecule has 0 saturated carbocycles. The highest BCUT2D eigenvalue weighted by molar-refractivity contribution is 5.78. The lowest BCUT2D eigenvalue weighted by Crippen LogP contribution is -2.43. The zero-order valence-electron chi connectivity index (χ0n) is 5.87. The maximum Gasteiger partial charge on any atom is 0.338 e. The minimum absolute atomic E-state index is 0.630. The van der Waals surface area contributed by atoms with Crippen molar-refractivity contribution in [2.75, 3.05) is 0 Å². The molecule has 0 aromatic heterocycles. The average molecular weight is 146 g/mol. The van der Waals surface area contributed by atoms with E-state index in [0.717, 1.165) is 0 Å². The van der Waals surface area contributed by atoms with Gasteiger partial charge in [-0.1, -0.05) is 0 Å². The number of ether oxygens (including phenoxy) is 1. The van der Waals surface area contributed by atoms with E-state index in [4.69, 9.17) is 5.11 Å². The highest BCUT2D eigenvalue weighted by atomic mass is 16.6. The third kappa shape index (κ3) is 0.803. The number of aliphatic hydroxyl groups is 2. The Bertz CT molecular complexity index is 163. The van der Waals surface area contributed by atoms with Gasteiger partial charge >= 0.3 is 5.97 Å². The zero-order chi connectivity index (χ0) is 7.94. The largest absolute Gasteiger partial charge is 0.457 e. The fourth-order valence-electron chi connectivity index (χ4n) is 0.819. The summed E-state index contributed by atoms with van der Waals surface area (Å²) < 4.78 is 4.55. The van der Waals surface area contributed by atoms with Crippen molar-refractivity contribution in [1.82, 2.24) is 0 Å². The lowest BCUT2D eigenvalue weighted by atomic mass is 9.97. The molecular formula is C6H10O4. The zero-order valence-corrected chi connectivity index (χ0v) is 5.87. The molecule has 1 heterocycles. The molecule has 4 nitrogen and oxygen atoms in total. The van der Waals surface area contributed by atoms with Crippen molar-refractivity contribution in [2.24, 2.45) is 0 Å². The predicted molar refractivity (Wildman–Crippen MR) is 32.2 cm³/mol. The van der Waals surface area contributed by atoms with Crippen LogP contribution in [0.3, 0.4) is 0 Å². The van der Waals surface area contributed by atoms with Crippen LogP contribution in [-0.2, 0) is 9.53 Å². The molecule has 0 aliphatic carbocycles. The first-order valence-electron chi connectivity index (χ1n) is 3.07. The molecule has 58 valence electrons. The van der Waals surface area contributed by atoms with Crippen molar-refractivity contribution in [3.05, 3.63) is 0 Å². The second-order valence-electron chi connectivity index (χ2n) is 2.71. The second kappa shape index (κ2) is 1.93. The molecule has 1 saturated heterocycles. The summed E-state index contributed by atoms with van der Waals surface area (Å²) in [5.41, 5.74) is -1.43. The quantitative estimate of drug-likeness (QED) is 0.432. The van der Waals surface area contributed by atoms with Gasteiger partial charge in [-0.15, -0.1) is 0 Å². The third-order valence-electron chi connectivity index (χ3n) is 1.89. The Labute approximate surface area is 58.4 Å². The van der Waals surface area contributed by atoms with Crippen LogP contribution in [0.15, 0.2) is 0 Å². The molecular weight excluding hydrogens is 136 g/mol. The number of carbonyl (C=O) groups excluding carboxylic acids is 1. The summed E-state index contributed by atoms with van der Waals surface area (Å²) in [4.78, 5) is 10.6. The molecule has 0 spiro atoms. The first-order chi connectivity index (χ1) is 4.46. The number of hydrogen-bond acceptors (Lipinski definition) is 4. The van der Waals surface area contributed by atoms with E-state index in [1.165, 1.54) is 13.8 Å². The Morgan fingerprint density at radius 1 is 1.70 bits per heavy atom. The number of hydrogen-bond donors (Lipinski definition) is 2. The van der Waals surface area contributed by atoms with E-state index in [1.54, 1.807) is 0 Å². The summed E-state index contributed by atoms with van der Waals surface area (Å²) in [6.45, 7) is 2.90. The van der Waals surface area contributed by atoms with Crippen LogP contribution >= 0.6 is 0 Å². The molecule has 3 atom stereocenters. The van der Waals surface area contributed by atoms with E-state index in [0.29, 0.717) is 0 Å². The van der Waals surface area contributed by atoms with Crippen LogP contribution in [0.4, 0.5) is 0 Å². The topological polar surface area (TPSA) is 66.8 Å². The fraction of sp³-hybridized carbons (Fsp3) is 0.833. The molecule has 0 radical (unpaired) electrons. The highest BCUT2D eigenvalue weighted by Gasteiger charge is 2.50. The van der Waals surface area contributed by atoms with Gasteiger partial charge in [-0.05, 0) is 13.8 Å². The van der Waals surface area contributed by atoms with Crippen LogP contribution in [0, 0.1) is 0 Å². The van der Waals surface area contributed by atoms with Crippen molar-refractivity contribution < 1.29 is 19.7 Å². The van der Waals surface area contributed by atoms with Gasteiger partial charge in [0.2, 0.25) is 0 Å². The van der Waals surface area contributed by atoms with Gasteiger partial charge in [0.15, 0.2) is 6.10 Å². The normalized spacial score (nSPS) is 47.4. The van der Waals surface area contributed by atoms with Gasteiger partial charge in [0.25, 0.3) is 0 Å². The van der Waals surface area contributed by atoms with E-state index in [9.17, 15) is 9.90 Å². The molecule has 1 fully saturated rings. The highest BCUT2D eigenvalue weighted by Crippen LogP contribution is 2.25. The minimum Gasteiger partial charge on any atom is -0.457 e. The number of carbonyl (C=O) groups is 1. The monoisotopic (exact) mass is 146 g/mol. The van der Waals surface area contributed by atoms with Crippen molar-refractivity contribution >= 4 is 5.97 Å². The maximum absolute atomic E-state index is 10.6. The second-order valence-corrected chi connectivity index (χ2v) is 2.71. The fourth-order valence-corrected chi connectivity index (χ4v) is 0.819. The molecule has 2 N–H and O–H groups in total. The lowest BCUT2D eigenvalue weighted by molar-refractivity contribution is -0.147. The lowest BCUT2D eigenvalue weighted by Gasteiger charge is -2.20. The minimum atomic E-state index is -1.43. The summed E-state index contributed by atoms with van der Waals surface area (Å²) in [6, 6.07) is 0. The van der Waals surface area contributed by atoms with Crippen molar-refractivity contribution in [3.63, 3.8) is 0 Å². The molecule has 0 bridgehead atoms. The first kappa shape index (κ1) is 7.50. The van der Waals surface area contributed by atoms with Crippen LogP contribution in [0.5, 0.6) is 0 Å². The smallest absolute Gasteiger partial charge is 0.338 e. The van der Waals surface area contributed by atoms with Crippen LogP contribution < -0.4 is 0 Å². The van der Waals surface area contributed by atoms with E-state index in [1.807, 2.05) is 0 Å². The SMILES string of the molecule is CC1OC(=O)C(O)C1(C)O. The molecule has 0 amide bonds. The number of rotatable bonds is 0. The molecule has 0 aromatic carbocycles. The summed E-state index contributed by atoms with van der Waals surface area (Å²) in [5, 5.41) is 18.3. The molecule has 10 heavy (non-hydrogen) atoms. The first-order valence-corrected chi connectivity index (χ1v) is 3.07. The van der Waals surface area contributed by atoms with E-state index in [-0.39, 0.29) is 0 Å². The molecule has 3 unspecified atom stereocenters. The molecule has 1 aliphatic rings. The van der Waals surface area contributed by atoms with Crippen LogP contribution in [0.25, 0.3) is 0 Å². The van der Waals surface area contributed by atoms with Crippen LogP contribution in [0.2, 0.25) is 0 Å². The van der Waals surface area contributed by atoms with Crippen LogP contribution in [0.1, 0.15) is 13.8 Å². The van der Waals surface area contributed by atoms with Crippen LogP contribution in [-0.4, -0.2) is 34.0 Å². The summed E-state index contributed by atoms with van der Waals surface area (Å²) >= 11 is 0. The van der Waals surface area contributed by atoms with E-state index in [2.05, 4.69) is 4.74 Å². The van der Waals surface area contributed by atoms with Gasteiger partial charge in [0, 0.05) is 0 Å². The number of aliphatic hydroxyl groups excluding tert-OH is 1. The Morgan fingerprint density at radius 3 is 2.30 bits per heavy atom. The number of cyclic esters (lactones) is 1. The Morgan fingerprint density at radius 2 is 2.20 bits per heavy atom. The Balaban J connectivity index is 2.85. The summed E-state index contributed by atoms with van der Waals surface area (Å²) in [5.74, 6) is -0.752. The number of esters is 1. The van der Waals surface area contributed by atoms with Gasteiger partial charge in [0.1, 0.15) is 11.7 Å². The van der Waals surface area contributed by atoms with Gasteiger partial charge in [0.05, 0.1) is 0 Å². The van der Waals surface area contributed by atoms with Gasteiger partial charge < -0.3 is 14.9 Å². The van der Waals surface area contributed by atoms with Crippen molar-refractivity contribution in [1.29, 1.82) is 0 Å². The van der Waals surface area contributed by atoms with Crippen molar-refractivity contribution in [2.45, 2.75) is 31.7 Å². The van der Waals surface area contributed by atoms with Gasteiger partial charge in [-0.2, -0.15) is 0 Å². The molecule has 1 aliphatic heterocycles. The van der Waals surface area contributed by atoms with E-state index >= 15 is 0 Å². The third-order valence-corrected chi connectivity index (χ3v) is 1.89. The average Bonchev–Trinajstić information content (AvgIpc) is 1.97.